The van der Waals surface area contributed by atoms with E-state index in [9.17, 15) is 19.2 Å². The molecule has 0 bridgehead atoms. The minimum Gasteiger partial charge on any atom is -0.443 e. The molecule has 0 unspecified atom stereocenters. The van der Waals surface area contributed by atoms with Crippen LogP contribution in [0.25, 0.3) is 21.5 Å². The monoisotopic (exact) mass is 594 g/mol. The smallest absolute Gasteiger partial charge is 0.436 e. The predicted molar refractivity (Wildman–Crippen MR) is 163 cm³/mol. The molecule has 2 saturated heterocycles. The highest BCUT2D eigenvalue weighted by Gasteiger charge is 2.54. The summed E-state index contributed by atoms with van der Waals surface area (Å²) in [6, 6.07) is 26.4. The van der Waals surface area contributed by atoms with Crippen LogP contribution in [0.1, 0.15) is 31.4 Å². The number of hydrogen-bond acceptors (Lipinski definition) is 6. The Bertz CT molecular complexity index is 1750. The Morgan fingerprint density at radius 3 is 2.09 bits per heavy atom. The van der Waals surface area contributed by atoms with Gasteiger partial charge < -0.3 is 20.3 Å². The molecule has 2 heterocycles. The van der Waals surface area contributed by atoms with Crippen LogP contribution in [0.3, 0.4) is 0 Å². The zero-order valence-corrected chi connectivity index (χ0v) is 24.6. The van der Waals surface area contributed by atoms with Crippen LogP contribution in [-0.4, -0.2) is 63.5 Å². The molecule has 44 heavy (non-hydrogen) atoms. The van der Waals surface area contributed by atoms with Crippen LogP contribution in [0.5, 0.6) is 0 Å². The van der Waals surface area contributed by atoms with Crippen molar-refractivity contribution in [3.63, 3.8) is 0 Å². The van der Waals surface area contributed by atoms with Gasteiger partial charge in [-0.3, -0.25) is 19.2 Å². The third-order valence-corrected chi connectivity index (χ3v) is 8.28. The molecule has 2 aliphatic heterocycles. The predicted octanol–water partition coefficient (Wildman–Crippen LogP) is 4.34. The maximum Gasteiger partial charge on any atom is 0.436 e. The van der Waals surface area contributed by atoms with Gasteiger partial charge in [0.25, 0.3) is 5.91 Å². The van der Waals surface area contributed by atoms with Gasteiger partial charge in [-0.1, -0.05) is 98.8 Å². The minimum atomic E-state index is -1.37. The molecule has 0 aromatic heterocycles. The van der Waals surface area contributed by atoms with E-state index in [4.69, 9.17) is 15.3 Å². The largest absolute Gasteiger partial charge is 0.443 e. The van der Waals surface area contributed by atoms with E-state index in [1.165, 1.54) is 4.90 Å². The van der Waals surface area contributed by atoms with Crippen molar-refractivity contribution in [2.24, 2.45) is 11.7 Å². The number of carbonyl (C=O) groups is 4. The van der Waals surface area contributed by atoms with Gasteiger partial charge in [0.15, 0.2) is 12.3 Å². The number of primary amides is 1. The number of benzene rings is 4. The summed E-state index contributed by atoms with van der Waals surface area (Å²) in [5, 5.41) is 4.99. The SMILES string of the molecule is CC(C)[C@H]1C(=O)N(Cc2cccc3ccccc23)C[C@@H]2N(C(=O)OCc3cccc4ccccc34)O[C@@H](CC(N)=O)C(=O)N12. The zero-order chi connectivity index (χ0) is 31.0. The highest BCUT2D eigenvalue weighted by Crippen LogP contribution is 2.33. The highest BCUT2D eigenvalue weighted by molar-refractivity contribution is 5.94. The zero-order valence-electron chi connectivity index (χ0n) is 24.6. The second-order valence-corrected chi connectivity index (χ2v) is 11.6. The number of amides is 4. The molecular weight excluding hydrogens is 560 g/mol. The molecule has 10 heteroatoms. The average molecular weight is 595 g/mol. The summed E-state index contributed by atoms with van der Waals surface area (Å²) in [5.41, 5.74) is 7.17. The normalized spacial score (nSPS) is 20.3. The van der Waals surface area contributed by atoms with Crippen molar-refractivity contribution in [3.8, 4) is 0 Å². The molecule has 0 radical (unpaired) electrons. The van der Waals surface area contributed by atoms with Crippen LogP contribution < -0.4 is 5.73 Å². The van der Waals surface area contributed by atoms with E-state index in [0.717, 1.165) is 37.7 Å². The van der Waals surface area contributed by atoms with Gasteiger partial charge in [-0.05, 0) is 38.6 Å². The van der Waals surface area contributed by atoms with Crippen LogP contribution in [0, 0.1) is 5.92 Å². The van der Waals surface area contributed by atoms with Gasteiger partial charge in [-0.15, -0.1) is 0 Å². The molecule has 0 saturated carbocycles. The van der Waals surface area contributed by atoms with Crippen LogP contribution >= 0.6 is 0 Å². The fraction of sp³-hybridized carbons (Fsp3) is 0.294. The van der Waals surface area contributed by atoms with Crippen LogP contribution in [-0.2, 0) is 37.1 Å². The summed E-state index contributed by atoms with van der Waals surface area (Å²) < 4.78 is 5.75. The first-order valence-corrected chi connectivity index (χ1v) is 14.7. The molecule has 2 fully saturated rings. The molecule has 4 amide bonds. The molecule has 4 aromatic rings. The van der Waals surface area contributed by atoms with E-state index in [1.54, 1.807) is 4.90 Å². The number of rotatable bonds is 7. The summed E-state index contributed by atoms with van der Waals surface area (Å²) in [7, 11) is 0. The highest BCUT2D eigenvalue weighted by atomic mass is 16.7. The van der Waals surface area contributed by atoms with Crippen molar-refractivity contribution in [3.05, 3.63) is 96.1 Å². The van der Waals surface area contributed by atoms with Gasteiger partial charge in [0.05, 0.1) is 13.0 Å². The van der Waals surface area contributed by atoms with E-state index in [-0.39, 0.29) is 31.5 Å². The first kappa shape index (κ1) is 29.1. The summed E-state index contributed by atoms with van der Waals surface area (Å²) in [6.07, 6.45) is -3.63. The first-order chi connectivity index (χ1) is 21.2. The van der Waals surface area contributed by atoms with Gasteiger partial charge in [-0.25, -0.2) is 4.79 Å². The van der Waals surface area contributed by atoms with Crippen molar-refractivity contribution < 1.29 is 28.8 Å². The Labute approximate surface area is 254 Å². The molecule has 4 aromatic carbocycles. The van der Waals surface area contributed by atoms with E-state index in [0.29, 0.717) is 0 Å². The Morgan fingerprint density at radius 2 is 1.45 bits per heavy atom. The lowest BCUT2D eigenvalue weighted by atomic mass is 9.94. The molecule has 0 aliphatic carbocycles. The molecule has 226 valence electrons. The second kappa shape index (κ2) is 12.0. The number of piperazine rings is 1. The van der Waals surface area contributed by atoms with Gasteiger partial charge in [0, 0.05) is 6.54 Å². The van der Waals surface area contributed by atoms with E-state index < -0.39 is 42.6 Å². The summed E-state index contributed by atoms with van der Waals surface area (Å²) in [4.78, 5) is 62.3. The fourth-order valence-corrected chi connectivity index (χ4v) is 6.23. The third kappa shape index (κ3) is 5.44. The number of fused-ring (bicyclic) bond motifs is 3. The standard InChI is InChI=1S/C34H34N4O6/c1-21(2)31-33(41)36(18-24-13-7-11-22-9-3-5-15-26(22)24)19-30-37(31)32(40)28(17-29(35)39)44-38(30)34(42)43-20-25-14-8-12-23-10-4-6-16-27(23)25/h3-16,21,28,30-31H,17-20H2,1-2H3,(H2,35,39)/t28-,30-,31-/m0/s1. The maximum atomic E-state index is 14.0. The Hall–Kier alpha value is -4.96. The van der Waals surface area contributed by atoms with Gasteiger partial charge >= 0.3 is 6.09 Å². The Balaban J connectivity index is 1.33. The Kier molecular flexibility index (Phi) is 7.92. The van der Waals surface area contributed by atoms with Gasteiger partial charge in [0.1, 0.15) is 12.6 Å². The van der Waals surface area contributed by atoms with Crippen molar-refractivity contribution in [2.45, 2.75) is 51.7 Å². The molecule has 10 nitrogen and oxygen atoms in total. The lowest BCUT2D eigenvalue weighted by Crippen LogP contribution is -2.74. The average Bonchev–Trinajstić information content (AvgIpc) is 3.01. The minimum absolute atomic E-state index is 0.0102. The summed E-state index contributed by atoms with van der Waals surface area (Å²) >= 11 is 0. The summed E-state index contributed by atoms with van der Waals surface area (Å²) in [5.74, 6) is -1.89. The van der Waals surface area contributed by atoms with Crippen LogP contribution in [0.15, 0.2) is 84.9 Å². The first-order valence-electron chi connectivity index (χ1n) is 14.7. The lowest BCUT2D eigenvalue weighted by molar-refractivity contribution is -0.269. The van der Waals surface area contributed by atoms with E-state index in [1.807, 2.05) is 98.8 Å². The van der Waals surface area contributed by atoms with Crippen LogP contribution in [0.2, 0.25) is 0 Å². The van der Waals surface area contributed by atoms with Crippen molar-refractivity contribution >= 4 is 45.4 Å². The molecule has 2 N–H and O–H groups in total. The van der Waals surface area contributed by atoms with Gasteiger partial charge in [0.2, 0.25) is 11.8 Å². The number of hydrogen-bond donors (Lipinski definition) is 1. The molecule has 6 rings (SSSR count). The molecule has 0 spiro atoms. The fourth-order valence-electron chi connectivity index (χ4n) is 6.23. The molecule has 3 atom stereocenters. The lowest BCUT2D eigenvalue weighted by Gasteiger charge is -2.53. The number of hydroxylamine groups is 2. The molecule has 2 aliphatic rings. The van der Waals surface area contributed by atoms with Crippen molar-refractivity contribution in [1.29, 1.82) is 0 Å². The number of nitrogens with zero attached hydrogens (tertiary/aromatic N) is 3. The van der Waals surface area contributed by atoms with E-state index >= 15 is 0 Å². The molecular formula is C34H34N4O6. The van der Waals surface area contributed by atoms with E-state index in [2.05, 4.69) is 0 Å². The van der Waals surface area contributed by atoms with Crippen molar-refractivity contribution in [2.75, 3.05) is 6.54 Å². The number of ether oxygens (including phenoxy) is 1. The third-order valence-electron chi connectivity index (χ3n) is 8.28. The van der Waals surface area contributed by atoms with Crippen LogP contribution in [0.4, 0.5) is 4.79 Å². The topological polar surface area (TPSA) is 122 Å². The summed E-state index contributed by atoms with van der Waals surface area (Å²) in [6.45, 7) is 3.90. The Morgan fingerprint density at radius 1 is 0.864 bits per heavy atom. The second-order valence-electron chi connectivity index (χ2n) is 11.6. The number of carbonyl (C=O) groups excluding carboxylic acids is 4. The van der Waals surface area contributed by atoms with Crippen molar-refractivity contribution in [1.82, 2.24) is 14.9 Å². The number of nitrogens with two attached hydrogens (primary N) is 1. The maximum absolute atomic E-state index is 14.0. The van der Waals surface area contributed by atoms with Gasteiger partial charge in [-0.2, -0.15) is 5.06 Å². The quantitative estimate of drug-likeness (QED) is 0.340.